The summed E-state index contributed by atoms with van der Waals surface area (Å²) in [5.41, 5.74) is 1.74. The summed E-state index contributed by atoms with van der Waals surface area (Å²) in [5.74, 6) is 0. The Morgan fingerprint density at radius 3 is 2.81 bits per heavy atom. The first-order valence-electron chi connectivity index (χ1n) is 4.75. The molecule has 1 aromatic carbocycles. The number of H-pyrrole nitrogens is 1. The lowest BCUT2D eigenvalue weighted by molar-refractivity contribution is -0.384. The molecule has 0 unspecified atom stereocenters. The zero-order chi connectivity index (χ0) is 11.1. The minimum absolute atomic E-state index is 0.0898. The molecule has 0 saturated carbocycles. The molecule has 16 heavy (non-hydrogen) atoms. The SMILES string of the molecule is O=[N+]([O-])c1ccc2c(c1)[nH]c1cnccc12. The van der Waals surface area contributed by atoms with Gasteiger partial charge in [0.05, 0.1) is 22.2 Å². The number of nitro groups is 1. The van der Waals surface area contributed by atoms with E-state index in [4.69, 9.17) is 0 Å². The molecule has 0 saturated heterocycles. The number of benzene rings is 1. The van der Waals surface area contributed by atoms with Gasteiger partial charge in [0, 0.05) is 29.1 Å². The molecule has 0 spiro atoms. The Labute approximate surface area is 89.9 Å². The summed E-state index contributed by atoms with van der Waals surface area (Å²) in [6, 6.07) is 6.69. The van der Waals surface area contributed by atoms with Crippen molar-refractivity contribution in [3.05, 3.63) is 46.8 Å². The molecular formula is C11H7N3O2. The van der Waals surface area contributed by atoms with Crippen LogP contribution in [0.15, 0.2) is 36.7 Å². The molecule has 0 fully saturated rings. The number of aromatic amines is 1. The number of aromatic nitrogens is 2. The maximum atomic E-state index is 10.6. The fourth-order valence-electron chi connectivity index (χ4n) is 1.86. The smallest absolute Gasteiger partial charge is 0.271 e. The summed E-state index contributed by atoms with van der Waals surface area (Å²) >= 11 is 0. The number of hydrogen-bond donors (Lipinski definition) is 1. The number of pyridine rings is 1. The summed E-state index contributed by atoms with van der Waals surface area (Å²) in [6.07, 6.45) is 3.41. The van der Waals surface area contributed by atoms with Crippen molar-refractivity contribution in [2.45, 2.75) is 0 Å². The van der Waals surface area contributed by atoms with Crippen molar-refractivity contribution >= 4 is 27.5 Å². The van der Waals surface area contributed by atoms with Gasteiger partial charge in [0.25, 0.3) is 5.69 Å². The van der Waals surface area contributed by atoms with Gasteiger partial charge in [0.1, 0.15) is 0 Å². The first kappa shape index (κ1) is 8.84. The third kappa shape index (κ3) is 1.15. The van der Waals surface area contributed by atoms with Crippen molar-refractivity contribution in [1.82, 2.24) is 9.97 Å². The highest BCUT2D eigenvalue weighted by molar-refractivity contribution is 6.07. The lowest BCUT2D eigenvalue weighted by Gasteiger charge is -1.91. The van der Waals surface area contributed by atoms with E-state index in [9.17, 15) is 10.1 Å². The molecular weight excluding hydrogens is 206 g/mol. The van der Waals surface area contributed by atoms with E-state index in [-0.39, 0.29) is 5.69 Å². The van der Waals surface area contributed by atoms with Gasteiger partial charge in [0.2, 0.25) is 0 Å². The van der Waals surface area contributed by atoms with Crippen molar-refractivity contribution < 1.29 is 4.92 Å². The van der Waals surface area contributed by atoms with Crippen molar-refractivity contribution in [2.75, 3.05) is 0 Å². The molecule has 5 heteroatoms. The average Bonchev–Trinajstić information content (AvgIpc) is 2.66. The Kier molecular flexibility index (Phi) is 1.67. The van der Waals surface area contributed by atoms with E-state index < -0.39 is 4.92 Å². The van der Waals surface area contributed by atoms with Crippen LogP contribution in [0.3, 0.4) is 0 Å². The number of non-ortho nitro benzene ring substituents is 1. The molecule has 0 aliphatic heterocycles. The molecule has 3 aromatic rings. The standard InChI is InChI=1S/C11H7N3O2/c15-14(16)7-1-2-8-9-3-4-12-6-11(9)13-10(8)5-7/h1-6,13H. The molecule has 78 valence electrons. The Morgan fingerprint density at radius 1 is 1.19 bits per heavy atom. The van der Waals surface area contributed by atoms with Crippen molar-refractivity contribution in [3.8, 4) is 0 Å². The van der Waals surface area contributed by atoms with E-state index in [1.807, 2.05) is 6.07 Å². The van der Waals surface area contributed by atoms with Gasteiger partial charge in [-0.2, -0.15) is 0 Å². The molecule has 2 heterocycles. The summed E-state index contributed by atoms with van der Waals surface area (Å²) in [5, 5.41) is 12.6. The summed E-state index contributed by atoms with van der Waals surface area (Å²) < 4.78 is 0. The summed E-state index contributed by atoms with van der Waals surface area (Å²) in [6.45, 7) is 0. The largest absolute Gasteiger partial charge is 0.353 e. The summed E-state index contributed by atoms with van der Waals surface area (Å²) in [7, 11) is 0. The molecule has 0 amide bonds. The van der Waals surface area contributed by atoms with E-state index >= 15 is 0 Å². The van der Waals surface area contributed by atoms with E-state index in [0.717, 1.165) is 21.8 Å². The molecule has 1 N–H and O–H groups in total. The van der Waals surface area contributed by atoms with E-state index in [2.05, 4.69) is 9.97 Å². The second kappa shape index (κ2) is 3.03. The highest BCUT2D eigenvalue weighted by Gasteiger charge is 2.09. The first-order valence-corrected chi connectivity index (χ1v) is 4.75. The van der Waals surface area contributed by atoms with Crippen LogP contribution in [0.4, 0.5) is 5.69 Å². The summed E-state index contributed by atoms with van der Waals surface area (Å²) in [4.78, 5) is 17.3. The first-order chi connectivity index (χ1) is 7.75. The van der Waals surface area contributed by atoms with Gasteiger partial charge in [-0.05, 0) is 12.1 Å². The van der Waals surface area contributed by atoms with Crippen molar-refractivity contribution in [1.29, 1.82) is 0 Å². The van der Waals surface area contributed by atoms with Gasteiger partial charge < -0.3 is 4.98 Å². The second-order valence-corrected chi connectivity index (χ2v) is 3.53. The second-order valence-electron chi connectivity index (χ2n) is 3.53. The van der Waals surface area contributed by atoms with Crippen molar-refractivity contribution in [3.63, 3.8) is 0 Å². The maximum absolute atomic E-state index is 10.6. The minimum Gasteiger partial charge on any atom is -0.353 e. The number of nitrogens with one attached hydrogen (secondary N) is 1. The van der Waals surface area contributed by atoms with Crippen LogP contribution < -0.4 is 0 Å². The molecule has 5 nitrogen and oxygen atoms in total. The minimum atomic E-state index is -0.400. The highest BCUT2D eigenvalue weighted by atomic mass is 16.6. The van der Waals surface area contributed by atoms with Crippen LogP contribution in [0, 0.1) is 10.1 Å². The molecule has 0 bridgehead atoms. The molecule has 0 aliphatic carbocycles. The Bertz CT molecular complexity index is 703. The normalized spacial score (nSPS) is 11.0. The predicted octanol–water partition coefficient (Wildman–Crippen LogP) is 2.62. The lowest BCUT2D eigenvalue weighted by Crippen LogP contribution is -1.86. The predicted molar refractivity (Wildman–Crippen MR) is 60.3 cm³/mol. The number of nitrogens with zero attached hydrogens (tertiary/aromatic N) is 2. The Hall–Kier alpha value is -2.43. The lowest BCUT2D eigenvalue weighted by atomic mass is 10.2. The fourth-order valence-corrected chi connectivity index (χ4v) is 1.86. The topological polar surface area (TPSA) is 71.8 Å². The van der Waals surface area contributed by atoms with E-state index in [1.54, 1.807) is 18.5 Å². The van der Waals surface area contributed by atoms with Gasteiger partial charge in [-0.1, -0.05) is 0 Å². The van der Waals surface area contributed by atoms with Crippen LogP contribution in [0.1, 0.15) is 0 Å². The van der Waals surface area contributed by atoms with Crippen LogP contribution in [-0.2, 0) is 0 Å². The van der Waals surface area contributed by atoms with E-state index in [1.165, 1.54) is 12.1 Å². The third-order valence-electron chi connectivity index (χ3n) is 2.59. The van der Waals surface area contributed by atoms with Gasteiger partial charge in [0.15, 0.2) is 0 Å². The Morgan fingerprint density at radius 2 is 2.00 bits per heavy atom. The molecule has 2 aromatic heterocycles. The third-order valence-corrected chi connectivity index (χ3v) is 2.59. The average molecular weight is 213 g/mol. The number of rotatable bonds is 1. The van der Waals surface area contributed by atoms with Crippen LogP contribution in [0.25, 0.3) is 21.8 Å². The van der Waals surface area contributed by atoms with Crippen LogP contribution in [0.2, 0.25) is 0 Å². The number of fused-ring (bicyclic) bond motifs is 3. The number of nitro benzene ring substituents is 1. The van der Waals surface area contributed by atoms with Gasteiger partial charge >= 0.3 is 0 Å². The van der Waals surface area contributed by atoms with Crippen LogP contribution in [-0.4, -0.2) is 14.9 Å². The molecule has 3 rings (SSSR count). The number of hydrogen-bond acceptors (Lipinski definition) is 3. The fraction of sp³-hybridized carbons (Fsp3) is 0. The maximum Gasteiger partial charge on any atom is 0.271 e. The van der Waals surface area contributed by atoms with Gasteiger partial charge in [-0.25, -0.2) is 0 Å². The highest BCUT2D eigenvalue weighted by Crippen LogP contribution is 2.27. The van der Waals surface area contributed by atoms with Gasteiger partial charge in [-0.3, -0.25) is 15.1 Å². The quantitative estimate of drug-likeness (QED) is 0.498. The van der Waals surface area contributed by atoms with Crippen LogP contribution >= 0.6 is 0 Å². The molecule has 0 radical (unpaired) electrons. The molecule has 0 aliphatic rings. The zero-order valence-corrected chi connectivity index (χ0v) is 8.18. The van der Waals surface area contributed by atoms with Crippen LogP contribution in [0.5, 0.6) is 0 Å². The zero-order valence-electron chi connectivity index (χ0n) is 8.18. The van der Waals surface area contributed by atoms with E-state index in [0.29, 0.717) is 0 Å². The van der Waals surface area contributed by atoms with Crippen molar-refractivity contribution in [2.24, 2.45) is 0 Å². The molecule has 0 atom stereocenters. The monoisotopic (exact) mass is 213 g/mol. The Balaban J connectivity index is 2.41. The van der Waals surface area contributed by atoms with Gasteiger partial charge in [-0.15, -0.1) is 0 Å².